The smallest absolute Gasteiger partial charge is 0.427 e. The highest BCUT2D eigenvalue weighted by atomic mass is 79.9. The molecule has 1 aromatic carbocycles. The number of cyclic esters (lactones) is 1. The summed E-state index contributed by atoms with van der Waals surface area (Å²) in [6, 6.07) is 7.72. The first kappa shape index (κ1) is 16.0. The van der Waals surface area contributed by atoms with Crippen molar-refractivity contribution >= 4 is 39.7 Å². The van der Waals surface area contributed by atoms with Gasteiger partial charge in [-0.15, -0.1) is 0 Å². The molecule has 7 nitrogen and oxygen atoms in total. The molecule has 1 saturated heterocycles. The Labute approximate surface area is 145 Å². The molecular weight excluding hydrogens is 380 g/mol. The molecule has 0 unspecified atom stereocenters. The van der Waals surface area contributed by atoms with E-state index < -0.39 is 12.0 Å². The molecule has 1 aliphatic rings. The molecule has 2 amide bonds. The fraction of sp³-hybridized carbons (Fsp3) is 0.0625. The summed E-state index contributed by atoms with van der Waals surface area (Å²) in [5.41, 5.74) is 0.867. The molecule has 122 valence electrons. The molecular formula is C16H11BrN2O5. The molecule has 1 fully saturated rings. The summed E-state index contributed by atoms with van der Waals surface area (Å²) >= 11 is 3.18. The summed E-state index contributed by atoms with van der Waals surface area (Å²) in [6.45, 7) is 0. The predicted octanol–water partition coefficient (Wildman–Crippen LogP) is 3.08. The van der Waals surface area contributed by atoms with Crippen molar-refractivity contribution in [2.75, 3.05) is 12.0 Å². The van der Waals surface area contributed by atoms with E-state index in [0.29, 0.717) is 15.9 Å². The number of amides is 2. The number of ether oxygens (including phenoxy) is 2. The van der Waals surface area contributed by atoms with Gasteiger partial charge in [0.15, 0.2) is 5.76 Å². The van der Waals surface area contributed by atoms with Crippen LogP contribution in [-0.4, -0.2) is 29.2 Å². The zero-order chi connectivity index (χ0) is 17.3. The molecule has 0 radical (unpaired) electrons. The Morgan fingerprint density at radius 3 is 2.71 bits per heavy atom. The molecule has 3 rings (SSSR count). The van der Waals surface area contributed by atoms with Crippen LogP contribution in [0.4, 0.5) is 10.5 Å². The van der Waals surface area contributed by atoms with Crippen LogP contribution in [0.15, 0.2) is 46.8 Å². The highest BCUT2D eigenvalue weighted by molar-refractivity contribution is 9.10. The summed E-state index contributed by atoms with van der Waals surface area (Å²) < 4.78 is 10.4. The second-order valence-corrected chi connectivity index (χ2v) is 5.64. The van der Waals surface area contributed by atoms with Crippen molar-refractivity contribution in [1.82, 2.24) is 4.98 Å². The largest absolute Gasteiger partial charge is 0.507 e. The number of carbonyl (C=O) groups is 2. The summed E-state index contributed by atoms with van der Waals surface area (Å²) in [7, 11) is 1.47. The van der Waals surface area contributed by atoms with Crippen molar-refractivity contribution in [2.24, 2.45) is 0 Å². The second kappa shape index (κ2) is 6.32. The number of hydrogen-bond acceptors (Lipinski definition) is 6. The molecule has 1 aliphatic heterocycles. The Hall–Kier alpha value is -2.87. The van der Waals surface area contributed by atoms with E-state index in [1.54, 1.807) is 12.1 Å². The average Bonchev–Trinajstić information content (AvgIpc) is 2.85. The monoisotopic (exact) mass is 390 g/mol. The highest BCUT2D eigenvalue weighted by Gasteiger charge is 2.38. The third kappa shape index (κ3) is 2.95. The lowest BCUT2D eigenvalue weighted by Crippen LogP contribution is -2.28. The van der Waals surface area contributed by atoms with Gasteiger partial charge >= 0.3 is 12.0 Å². The number of rotatable bonds is 3. The Morgan fingerprint density at radius 1 is 1.29 bits per heavy atom. The van der Waals surface area contributed by atoms with Crippen LogP contribution in [0.5, 0.6) is 11.6 Å². The van der Waals surface area contributed by atoms with Gasteiger partial charge in [0.25, 0.3) is 0 Å². The van der Waals surface area contributed by atoms with E-state index in [1.165, 1.54) is 37.6 Å². The fourth-order valence-electron chi connectivity index (χ4n) is 2.08. The van der Waals surface area contributed by atoms with Crippen LogP contribution in [0.3, 0.4) is 0 Å². The summed E-state index contributed by atoms with van der Waals surface area (Å²) in [5.74, 6) is -0.286. The Balaban J connectivity index is 1.90. The van der Waals surface area contributed by atoms with Crippen molar-refractivity contribution < 1.29 is 24.2 Å². The van der Waals surface area contributed by atoms with E-state index in [-0.39, 0.29) is 17.2 Å². The number of halogens is 1. The SMILES string of the molecule is COc1ccc(N2C(=O)O/C(=C/c3ccc(O)c(Br)c3)C2=O)cn1. The van der Waals surface area contributed by atoms with Crippen LogP contribution in [0.1, 0.15) is 5.56 Å². The average molecular weight is 391 g/mol. The summed E-state index contributed by atoms with van der Waals surface area (Å²) in [5, 5.41) is 9.49. The van der Waals surface area contributed by atoms with Gasteiger partial charge in [0.1, 0.15) is 5.75 Å². The minimum absolute atomic E-state index is 0.0674. The first-order valence-electron chi connectivity index (χ1n) is 6.76. The van der Waals surface area contributed by atoms with Crippen LogP contribution >= 0.6 is 15.9 Å². The number of hydrogen-bond donors (Lipinski definition) is 1. The maximum Gasteiger partial charge on any atom is 0.427 e. The van der Waals surface area contributed by atoms with Gasteiger partial charge in [-0.3, -0.25) is 4.79 Å². The van der Waals surface area contributed by atoms with Gasteiger partial charge in [-0.05, 0) is 45.8 Å². The minimum Gasteiger partial charge on any atom is -0.507 e. The molecule has 1 N–H and O–H groups in total. The van der Waals surface area contributed by atoms with Gasteiger partial charge in [-0.25, -0.2) is 14.7 Å². The lowest BCUT2D eigenvalue weighted by atomic mass is 10.2. The Bertz CT molecular complexity index is 848. The third-order valence-electron chi connectivity index (χ3n) is 3.25. The van der Waals surface area contributed by atoms with Crippen LogP contribution in [0.2, 0.25) is 0 Å². The molecule has 0 saturated carbocycles. The van der Waals surface area contributed by atoms with Gasteiger partial charge in [0, 0.05) is 6.07 Å². The third-order valence-corrected chi connectivity index (χ3v) is 3.89. The first-order valence-corrected chi connectivity index (χ1v) is 7.55. The van der Waals surface area contributed by atoms with Gasteiger partial charge in [0.05, 0.1) is 23.5 Å². The maximum atomic E-state index is 12.4. The van der Waals surface area contributed by atoms with Gasteiger partial charge in [-0.2, -0.15) is 0 Å². The number of carbonyl (C=O) groups excluding carboxylic acids is 2. The predicted molar refractivity (Wildman–Crippen MR) is 88.5 cm³/mol. The number of aromatic hydroxyl groups is 1. The zero-order valence-corrected chi connectivity index (χ0v) is 14.0. The van der Waals surface area contributed by atoms with E-state index in [4.69, 9.17) is 9.47 Å². The van der Waals surface area contributed by atoms with E-state index in [1.807, 2.05) is 0 Å². The normalized spacial score (nSPS) is 15.8. The maximum absolute atomic E-state index is 12.4. The standard InChI is InChI=1S/C16H11BrN2O5/c1-23-14-5-3-10(8-18-14)19-15(21)13(24-16(19)22)7-9-2-4-12(20)11(17)6-9/h2-8,20H,1H3/b13-7+. The van der Waals surface area contributed by atoms with Crippen LogP contribution in [-0.2, 0) is 9.53 Å². The lowest BCUT2D eigenvalue weighted by molar-refractivity contribution is -0.114. The lowest BCUT2D eigenvalue weighted by Gasteiger charge is -2.09. The van der Waals surface area contributed by atoms with Crippen LogP contribution < -0.4 is 9.64 Å². The molecule has 0 spiro atoms. The second-order valence-electron chi connectivity index (χ2n) is 4.79. The number of pyridine rings is 1. The minimum atomic E-state index is -0.809. The number of phenolic OH excluding ortho intramolecular Hbond substituents is 1. The zero-order valence-electron chi connectivity index (χ0n) is 12.4. The van der Waals surface area contributed by atoms with E-state index >= 15 is 0 Å². The number of phenols is 1. The van der Waals surface area contributed by atoms with E-state index in [9.17, 15) is 14.7 Å². The number of benzene rings is 1. The van der Waals surface area contributed by atoms with Crippen molar-refractivity contribution in [1.29, 1.82) is 0 Å². The molecule has 0 aliphatic carbocycles. The molecule has 24 heavy (non-hydrogen) atoms. The number of aromatic nitrogens is 1. The summed E-state index contributed by atoms with van der Waals surface area (Å²) in [4.78, 5) is 29.3. The molecule has 2 heterocycles. The van der Waals surface area contributed by atoms with Crippen molar-refractivity contribution in [2.45, 2.75) is 0 Å². The molecule has 1 aromatic heterocycles. The molecule has 0 atom stereocenters. The van der Waals surface area contributed by atoms with Gasteiger partial charge < -0.3 is 14.6 Å². The fourth-order valence-corrected chi connectivity index (χ4v) is 2.48. The van der Waals surface area contributed by atoms with Gasteiger partial charge in [0.2, 0.25) is 5.88 Å². The number of anilines is 1. The van der Waals surface area contributed by atoms with Crippen molar-refractivity contribution in [3.05, 3.63) is 52.3 Å². The first-order chi connectivity index (χ1) is 11.5. The number of imide groups is 1. The topological polar surface area (TPSA) is 89.0 Å². The molecule has 2 aromatic rings. The Morgan fingerprint density at radius 2 is 2.08 bits per heavy atom. The highest BCUT2D eigenvalue weighted by Crippen LogP contribution is 2.29. The molecule has 0 bridgehead atoms. The Kier molecular flexibility index (Phi) is 4.22. The quantitative estimate of drug-likeness (QED) is 0.809. The van der Waals surface area contributed by atoms with Crippen LogP contribution in [0.25, 0.3) is 6.08 Å². The molecule has 8 heteroatoms. The summed E-state index contributed by atoms with van der Waals surface area (Å²) in [6.07, 6.45) is 1.95. The van der Waals surface area contributed by atoms with E-state index in [0.717, 1.165) is 4.90 Å². The number of nitrogens with zero attached hydrogens (tertiary/aromatic N) is 2. The van der Waals surface area contributed by atoms with Gasteiger partial charge in [-0.1, -0.05) is 6.07 Å². The van der Waals surface area contributed by atoms with Crippen LogP contribution in [0, 0.1) is 0 Å². The van der Waals surface area contributed by atoms with Crippen molar-refractivity contribution in [3.8, 4) is 11.6 Å². The van der Waals surface area contributed by atoms with Crippen molar-refractivity contribution in [3.63, 3.8) is 0 Å². The number of methoxy groups -OCH3 is 1. The van der Waals surface area contributed by atoms with E-state index in [2.05, 4.69) is 20.9 Å².